The van der Waals surface area contributed by atoms with E-state index in [0.29, 0.717) is 21.5 Å². The minimum atomic E-state index is -1.07. The van der Waals surface area contributed by atoms with Crippen LogP contribution in [0.2, 0.25) is 10.0 Å². The molecule has 1 aromatic carbocycles. The lowest BCUT2D eigenvalue weighted by Gasteiger charge is -2.06. The van der Waals surface area contributed by atoms with Crippen LogP contribution in [0.1, 0.15) is 10.4 Å². The van der Waals surface area contributed by atoms with Crippen LogP contribution in [-0.2, 0) is 0 Å². The summed E-state index contributed by atoms with van der Waals surface area (Å²) in [6.45, 7) is 0. The summed E-state index contributed by atoms with van der Waals surface area (Å²) in [6.07, 6.45) is 2.65. The Morgan fingerprint density at radius 1 is 1.11 bits per heavy atom. The van der Waals surface area contributed by atoms with Gasteiger partial charge in [-0.05, 0) is 18.2 Å². The predicted octanol–water partition coefficient (Wildman–Crippen LogP) is 3.88. The molecule has 0 atom stereocenters. The number of hydrogen-bond acceptors (Lipinski definition) is 3. The molecule has 18 heavy (non-hydrogen) atoms. The van der Waals surface area contributed by atoms with Gasteiger partial charge in [-0.15, -0.1) is 0 Å². The Balaban J connectivity index is 2.25. The molecule has 6 heteroatoms. The highest BCUT2D eigenvalue weighted by molar-refractivity contribution is 6.42. The van der Waals surface area contributed by atoms with Crippen molar-refractivity contribution in [1.82, 2.24) is 4.98 Å². The normalized spacial score (nSPS) is 10.1. The van der Waals surface area contributed by atoms with Crippen LogP contribution in [-0.4, -0.2) is 16.1 Å². The van der Waals surface area contributed by atoms with E-state index in [1.807, 2.05) is 0 Å². The number of hydrogen-bond donors (Lipinski definition) is 1. The van der Waals surface area contributed by atoms with Gasteiger partial charge in [0.15, 0.2) is 0 Å². The first-order valence-corrected chi connectivity index (χ1v) is 5.63. The highest BCUT2D eigenvalue weighted by Gasteiger charge is 2.06. The molecule has 0 aliphatic carbocycles. The van der Waals surface area contributed by atoms with E-state index in [1.165, 1.54) is 24.5 Å². The van der Waals surface area contributed by atoms with Crippen LogP contribution in [0.25, 0.3) is 0 Å². The van der Waals surface area contributed by atoms with E-state index in [1.54, 1.807) is 12.1 Å². The maximum atomic E-state index is 10.8. The lowest BCUT2D eigenvalue weighted by molar-refractivity contribution is 0.0696. The Hall–Kier alpha value is -1.78. The minimum absolute atomic E-state index is 0.0487. The van der Waals surface area contributed by atoms with Gasteiger partial charge in [-0.2, -0.15) is 0 Å². The number of nitrogens with zero attached hydrogens (tertiary/aromatic N) is 1. The molecule has 0 bridgehead atoms. The molecule has 0 amide bonds. The van der Waals surface area contributed by atoms with E-state index < -0.39 is 5.97 Å². The van der Waals surface area contributed by atoms with Gasteiger partial charge in [0.05, 0.1) is 21.8 Å². The van der Waals surface area contributed by atoms with Gasteiger partial charge in [-0.1, -0.05) is 23.2 Å². The van der Waals surface area contributed by atoms with Crippen molar-refractivity contribution in [3.63, 3.8) is 0 Å². The Bertz CT molecular complexity index is 602. The van der Waals surface area contributed by atoms with Crippen LogP contribution in [0.5, 0.6) is 11.5 Å². The fraction of sp³-hybridized carbons (Fsp3) is 0. The third-order valence-electron chi connectivity index (χ3n) is 2.09. The van der Waals surface area contributed by atoms with Crippen LogP contribution < -0.4 is 4.74 Å². The molecule has 2 rings (SSSR count). The molecule has 0 aliphatic rings. The second-order valence-electron chi connectivity index (χ2n) is 3.39. The average Bonchev–Trinajstić information content (AvgIpc) is 2.34. The standard InChI is InChI=1S/C12H7Cl2NO3/c13-10-2-1-8(4-11(10)14)18-9-3-7(12(16)17)5-15-6-9/h1-6H,(H,16,17). The van der Waals surface area contributed by atoms with Crippen molar-refractivity contribution in [1.29, 1.82) is 0 Å². The largest absolute Gasteiger partial charge is 0.478 e. The summed E-state index contributed by atoms with van der Waals surface area (Å²) in [6, 6.07) is 6.13. The van der Waals surface area contributed by atoms with E-state index in [4.69, 9.17) is 33.0 Å². The summed E-state index contributed by atoms with van der Waals surface area (Å²) in [5.74, 6) is -0.302. The molecule has 1 aromatic heterocycles. The fourth-order valence-electron chi connectivity index (χ4n) is 1.27. The summed E-state index contributed by atoms with van der Waals surface area (Å²) in [4.78, 5) is 14.5. The van der Waals surface area contributed by atoms with Crippen molar-refractivity contribution in [2.75, 3.05) is 0 Å². The van der Waals surface area contributed by atoms with Gasteiger partial charge < -0.3 is 9.84 Å². The van der Waals surface area contributed by atoms with Gasteiger partial charge in [-0.3, -0.25) is 4.98 Å². The van der Waals surface area contributed by atoms with Crippen LogP contribution in [0.4, 0.5) is 0 Å². The molecule has 0 fully saturated rings. The molecular formula is C12H7Cl2NO3. The molecule has 92 valence electrons. The van der Waals surface area contributed by atoms with Crippen LogP contribution in [0, 0.1) is 0 Å². The van der Waals surface area contributed by atoms with Crippen molar-refractivity contribution >= 4 is 29.2 Å². The highest BCUT2D eigenvalue weighted by atomic mass is 35.5. The maximum Gasteiger partial charge on any atom is 0.337 e. The molecule has 0 spiro atoms. The van der Waals surface area contributed by atoms with E-state index in [9.17, 15) is 4.79 Å². The van der Waals surface area contributed by atoms with Crippen molar-refractivity contribution in [3.05, 3.63) is 52.3 Å². The number of aromatic nitrogens is 1. The zero-order valence-electron chi connectivity index (χ0n) is 8.93. The second-order valence-corrected chi connectivity index (χ2v) is 4.21. The highest BCUT2D eigenvalue weighted by Crippen LogP contribution is 2.29. The Kier molecular flexibility index (Phi) is 3.69. The zero-order valence-corrected chi connectivity index (χ0v) is 10.4. The number of aromatic carboxylic acids is 1. The smallest absolute Gasteiger partial charge is 0.337 e. The summed E-state index contributed by atoms with van der Waals surface area (Å²) in [5, 5.41) is 9.60. The van der Waals surface area contributed by atoms with Crippen LogP contribution in [0.15, 0.2) is 36.7 Å². The van der Waals surface area contributed by atoms with Crippen molar-refractivity contribution < 1.29 is 14.6 Å². The number of ether oxygens (including phenoxy) is 1. The number of carboxylic acids is 1. The number of carboxylic acid groups (broad SMARTS) is 1. The molecule has 0 radical (unpaired) electrons. The summed E-state index contributed by atoms with van der Waals surface area (Å²) in [7, 11) is 0. The van der Waals surface area contributed by atoms with Crippen LogP contribution in [0.3, 0.4) is 0 Å². The van der Waals surface area contributed by atoms with Gasteiger partial charge >= 0.3 is 5.97 Å². The monoisotopic (exact) mass is 283 g/mol. The summed E-state index contributed by atoms with van der Waals surface area (Å²) < 4.78 is 5.44. The van der Waals surface area contributed by atoms with Crippen molar-refractivity contribution in [2.24, 2.45) is 0 Å². The number of rotatable bonds is 3. The van der Waals surface area contributed by atoms with E-state index in [-0.39, 0.29) is 5.56 Å². The molecule has 4 nitrogen and oxygen atoms in total. The first-order valence-electron chi connectivity index (χ1n) is 4.87. The topological polar surface area (TPSA) is 59.4 Å². The molecule has 2 aromatic rings. The first kappa shape index (κ1) is 12.7. The van der Waals surface area contributed by atoms with Gasteiger partial charge in [0, 0.05) is 12.3 Å². The summed E-state index contributed by atoms with van der Waals surface area (Å²) in [5.41, 5.74) is 0.0487. The fourth-order valence-corrected chi connectivity index (χ4v) is 1.56. The number of carbonyl (C=O) groups is 1. The van der Waals surface area contributed by atoms with E-state index >= 15 is 0 Å². The number of benzene rings is 1. The van der Waals surface area contributed by atoms with Gasteiger partial charge in [-0.25, -0.2) is 4.79 Å². The zero-order chi connectivity index (χ0) is 13.1. The predicted molar refractivity (Wildman–Crippen MR) is 67.7 cm³/mol. The lowest BCUT2D eigenvalue weighted by Crippen LogP contribution is -1.97. The second kappa shape index (κ2) is 5.25. The average molecular weight is 284 g/mol. The molecule has 0 unspecified atom stereocenters. The molecule has 0 saturated carbocycles. The third-order valence-corrected chi connectivity index (χ3v) is 2.83. The Morgan fingerprint density at radius 3 is 2.56 bits per heavy atom. The Labute approximate surface area is 113 Å². The maximum absolute atomic E-state index is 10.8. The van der Waals surface area contributed by atoms with Gasteiger partial charge in [0.25, 0.3) is 0 Å². The molecule has 0 aliphatic heterocycles. The molecular weight excluding hydrogens is 277 g/mol. The third kappa shape index (κ3) is 2.91. The SMILES string of the molecule is O=C(O)c1cncc(Oc2ccc(Cl)c(Cl)c2)c1. The lowest BCUT2D eigenvalue weighted by atomic mass is 10.3. The van der Waals surface area contributed by atoms with Crippen LogP contribution >= 0.6 is 23.2 Å². The molecule has 0 saturated heterocycles. The number of pyridine rings is 1. The number of halogens is 2. The van der Waals surface area contributed by atoms with Gasteiger partial charge in [0.2, 0.25) is 0 Å². The summed E-state index contributed by atoms with van der Waals surface area (Å²) >= 11 is 11.6. The van der Waals surface area contributed by atoms with Crippen molar-refractivity contribution in [3.8, 4) is 11.5 Å². The van der Waals surface area contributed by atoms with Gasteiger partial charge in [0.1, 0.15) is 11.5 Å². The molecule has 1 heterocycles. The minimum Gasteiger partial charge on any atom is -0.478 e. The van der Waals surface area contributed by atoms with E-state index in [2.05, 4.69) is 4.98 Å². The quantitative estimate of drug-likeness (QED) is 0.929. The Morgan fingerprint density at radius 2 is 1.89 bits per heavy atom. The van der Waals surface area contributed by atoms with Crippen molar-refractivity contribution in [2.45, 2.75) is 0 Å². The molecule has 1 N–H and O–H groups in total. The van der Waals surface area contributed by atoms with E-state index in [0.717, 1.165) is 0 Å². The first-order chi connectivity index (χ1) is 8.56.